The summed E-state index contributed by atoms with van der Waals surface area (Å²) in [6.45, 7) is 0. The lowest BCUT2D eigenvalue weighted by Gasteiger charge is -2.27. The minimum atomic E-state index is -0.801. The van der Waals surface area contributed by atoms with E-state index in [2.05, 4.69) is 5.32 Å². The summed E-state index contributed by atoms with van der Waals surface area (Å²) in [7, 11) is 1.60. The Hall–Kier alpha value is -2.86. The standard InChI is InChI=1S/C18H16N2O4/c1-23-13-9-7-11(8-10-13)15-14-16(18(22)19-17(14)21)24-20(15)12-5-3-2-4-6-12/h2-10,14-16H,1H3,(H,19,21,22)/t14-,15-,16+/m1/s1. The number of carbonyl (C=O) groups is 2. The highest BCUT2D eigenvalue weighted by atomic mass is 16.7. The van der Waals surface area contributed by atoms with Crippen LogP contribution >= 0.6 is 0 Å². The van der Waals surface area contributed by atoms with Gasteiger partial charge in [0.1, 0.15) is 11.7 Å². The molecule has 0 bridgehead atoms. The Kier molecular flexibility index (Phi) is 3.46. The van der Waals surface area contributed by atoms with E-state index < -0.39 is 12.0 Å². The molecule has 0 saturated carbocycles. The Morgan fingerprint density at radius 2 is 1.71 bits per heavy atom. The number of imide groups is 1. The molecule has 2 heterocycles. The van der Waals surface area contributed by atoms with Gasteiger partial charge in [0.25, 0.3) is 5.91 Å². The van der Waals surface area contributed by atoms with Crippen molar-refractivity contribution in [2.75, 3.05) is 12.2 Å². The molecule has 6 nitrogen and oxygen atoms in total. The number of ether oxygens (including phenoxy) is 1. The number of rotatable bonds is 3. The van der Waals surface area contributed by atoms with E-state index in [1.807, 2.05) is 54.6 Å². The first-order chi connectivity index (χ1) is 11.7. The summed E-state index contributed by atoms with van der Waals surface area (Å²) in [5, 5.41) is 4.02. The second-order valence-corrected chi connectivity index (χ2v) is 5.78. The quantitative estimate of drug-likeness (QED) is 0.873. The fourth-order valence-corrected chi connectivity index (χ4v) is 3.27. The molecule has 0 aliphatic carbocycles. The van der Waals surface area contributed by atoms with Crippen molar-refractivity contribution in [2.24, 2.45) is 5.92 Å². The third kappa shape index (κ3) is 2.23. The van der Waals surface area contributed by atoms with Crippen LogP contribution in [0.2, 0.25) is 0 Å². The minimum Gasteiger partial charge on any atom is -0.497 e. The van der Waals surface area contributed by atoms with Gasteiger partial charge in [-0.2, -0.15) is 0 Å². The molecule has 2 saturated heterocycles. The molecule has 2 aromatic rings. The van der Waals surface area contributed by atoms with E-state index in [1.165, 1.54) is 0 Å². The van der Waals surface area contributed by atoms with Gasteiger partial charge in [0, 0.05) is 0 Å². The number of hydrogen-bond acceptors (Lipinski definition) is 5. The van der Waals surface area contributed by atoms with Crippen LogP contribution in [0.5, 0.6) is 5.75 Å². The molecular formula is C18H16N2O4. The summed E-state index contributed by atoms with van der Waals surface area (Å²) >= 11 is 0. The number of methoxy groups -OCH3 is 1. The van der Waals surface area contributed by atoms with Crippen LogP contribution in [0.25, 0.3) is 0 Å². The third-order valence-electron chi connectivity index (χ3n) is 4.42. The number of amides is 2. The molecule has 24 heavy (non-hydrogen) atoms. The minimum absolute atomic E-state index is 0.302. The average Bonchev–Trinajstić information content (AvgIpc) is 3.14. The van der Waals surface area contributed by atoms with Crippen LogP contribution in [0.3, 0.4) is 0 Å². The molecule has 4 rings (SSSR count). The molecule has 1 N–H and O–H groups in total. The predicted molar refractivity (Wildman–Crippen MR) is 86.2 cm³/mol. The zero-order valence-corrected chi connectivity index (χ0v) is 13.0. The first-order valence-corrected chi connectivity index (χ1v) is 7.69. The molecule has 122 valence electrons. The van der Waals surface area contributed by atoms with Gasteiger partial charge in [-0.1, -0.05) is 30.3 Å². The van der Waals surface area contributed by atoms with E-state index in [0.717, 1.165) is 17.0 Å². The topological polar surface area (TPSA) is 67.9 Å². The maximum absolute atomic E-state index is 12.3. The van der Waals surface area contributed by atoms with Crippen molar-refractivity contribution in [2.45, 2.75) is 12.1 Å². The Labute approximate surface area is 138 Å². The molecule has 2 aliphatic heterocycles. The second-order valence-electron chi connectivity index (χ2n) is 5.78. The van der Waals surface area contributed by atoms with E-state index in [0.29, 0.717) is 0 Å². The highest BCUT2D eigenvalue weighted by Crippen LogP contribution is 2.44. The number of anilines is 1. The van der Waals surface area contributed by atoms with E-state index in [9.17, 15) is 9.59 Å². The average molecular weight is 324 g/mol. The molecule has 0 spiro atoms. The molecule has 2 aliphatic rings. The van der Waals surface area contributed by atoms with Crippen LogP contribution in [-0.4, -0.2) is 25.0 Å². The highest BCUT2D eigenvalue weighted by molar-refractivity contribution is 6.07. The van der Waals surface area contributed by atoms with E-state index in [-0.39, 0.29) is 17.9 Å². The van der Waals surface area contributed by atoms with Crippen molar-refractivity contribution in [3.63, 3.8) is 0 Å². The van der Waals surface area contributed by atoms with E-state index in [4.69, 9.17) is 9.57 Å². The van der Waals surface area contributed by atoms with Crippen LogP contribution in [0.1, 0.15) is 11.6 Å². The van der Waals surface area contributed by atoms with Gasteiger partial charge in [-0.25, -0.2) is 5.06 Å². The van der Waals surface area contributed by atoms with Crippen molar-refractivity contribution in [1.82, 2.24) is 5.32 Å². The van der Waals surface area contributed by atoms with Gasteiger partial charge in [-0.15, -0.1) is 0 Å². The van der Waals surface area contributed by atoms with Crippen molar-refractivity contribution in [3.05, 3.63) is 60.2 Å². The first kappa shape index (κ1) is 14.7. The number of hydrogen-bond donors (Lipinski definition) is 1. The second kappa shape index (κ2) is 5.65. The zero-order chi connectivity index (χ0) is 16.7. The van der Waals surface area contributed by atoms with Gasteiger partial charge >= 0.3 is 0 Å². The number of para-hydroxylation sites is 1. The van der Waals surface area contributed by atoms with Gasteiger partial charge < -0.3 is 4.74 Å². The number of fused-ring (bicyclic) bond motifs is 1. The molecule has 6 heteroatoms. The lowest BCUT2D eigenvalue weighted by molar-refractivity contribution is -0.129. The van der Waals surface area contributed by atoms with Gasteiger partial charge in [-0.05, 0) is 29.8 Å². The molecule has 2 fully saturated rings. The van der Waals surface area contributed by atoms with E-state index >= 15 is 0 Å². The fourth-order valence-electron chi connectivity index (χ4n) is 3.27. The largest absolute Gasteiger partial charge is 0.497 e. The zero-order valence-electron chi connectivity index (χ0n) is 13.0. The van der Waals surface area contributed by atoms with Gasteiger partial charge in [0.15, 0.2) is 6.10 Å². The predicted octanol–water partition coefficient (Wildman–Crippen LogP) is 1.83. The number of hydroxylamine groups is 1. The highest BCUT2D eigenvalue weighted by Gasteiger charge is 2.56. The third-order valence-corrected chi connectivity index (χ3v) is 4.42. The maximum Gasteiger partial charge on any atom is 0.259 e. The van der Waals surface area contributed by atoms with Gasteiger partial charge in [-0.3, -0.25) is 19.7 Å². The Morgan fingerprint density at radius 3 is 2.38 bits per heavy atom. The number of benzene rings is 2. The summed E-state index contributed by atoms with van der Waals surface area (Å²) in [5.41, 5.74) is 1.69. The summed E-state index contributed by atoms with van der Waals surface area (Å²) in [4.78, 5) is 30.2. The van der Waals surface area contributed by atoms with Crippen LogP contribution < -0.4 is 15.1 Å². The number of nitrogens with zero attached hydrogens (tertiary/aromatic N) is 1. The Morgan fingerprint density at radius 1 is 1.00 bits per heavy atom. The molecule has 2 amide bonds. The molecule has 3 atom stereocenters. The summed E-state index contributed by atoms with van der Waals surface area (Å²) in [6, 6.07) is 16.5. The lowest BCUT2D eigenvalue weighted by atomic mass is 9.90. The maximum atomic E-state index is 12.3. The van der Waals surface area contributed by atoms with Crippen molar-refractivity contribution in [3.8, 4) is 5.75 Å². The monoisotopic (exact) mass is 324 g/mol. The molecular weight excluding hydrogens is 308 g/mol. The van der Waals surface area contributed by atoms with Crippen LogP contribution in [0, 0.1) is 5.92 Å². The Bertz CT molecular complexity index is 775. The normalized spacial score (nSPS) is 25.5. The smallest absolute Gasteiger partial charge is 0.259 e. The van der Waals surface area contributed by atoms with Crippen LogP contribution in [-0.2, 0) is 14.4 Å². The summed E-state index contributed by atoms with van der Waals surface area (Å²) < 4.78 is 5.19. The Balaban J connectivity index is 1.78. The lowest BCUT2D eigenvalue weighted by Crippen LogP contribution is -2.33. The number of carbonyl (C=O) groups excluding carboxylic acids is 2. The molecule has 0 radical (unpaired) electrons. The van der Waals surface area contributed by atoms with Gasteiger partial charge in [0.2, 0.25) is 5.91 Å². The SMILES string of the molecule is COc1ccc([C@@H]2[C@H]3C(=O)NC(=O)[C@H]3ON2c2ccccc2)cc1. The molecule has 0 aromatic heterocycles. The summed E-state index contributed by atoms with van der Waals surface area (Å²) in [5.74, 6) is -0.537. The van der Waals surface area contributed by atoms with Crippen molar-refractivity contribution in [1.29, 1.82) is 0 Å². The van der Waals surface area contributed by atoms with Crippen LogP contribution in [0.4, 0.5) is 5.69 Å². The van der Waals surface area contributed by atoms with Crippen molar-refractivity contribution >= 4 is 17.5 Å². The van der Waals surface area contributed by atoms with E-state index in [1.54, 1.807) is 12.2 Å². The van der Waals surface area contributed by atoms with Crippen molar-refractivity contribution < 1.29 is 19.2 Å². The number of nitrogens with one attached hydrogen (secondary N) is 1. The van der Waals surface area contributed by atoms with Gasteiger partial charge in [0.05, 0.1) is 18.8 Å². The fraction of sp³-hybridized carbons (Fsp3) is 0.222. The first-order valence-electron chi connectivity index (χ1n) is 7.69. The molecule has 0 unspecified atom stereocenters. The molecule has 2 aromatic carbocycles. The summed E-state index contributed by atoms with van der Waals surface area (Å²) in [6.07, 6.45) is -0.801. The van der Waals surface area contributed by atoms with Crippen LogP contribution in [0.15, 0.2) is 54.6 Å².